The molecule has 346 valence electrons. The summed E-state index contributed by atoms with van der Waals surface area (Å²) >= 11 is 0. The Kier molecular flexibility index (Phi) is 31.0. The number of fused-ring (bicyclic) bond motifs is 3. The van der Waals surface area contributed by atoms with Crippen molar-refractivity contribution in [3.63, 3.8) is 0 Å². The average Bonchev–Trinajstić information content (AvgIpc) is 3.60. The second kappa shape index (κ2) is 36.3. The van der Waals surface area contributed by atoms with Crippen LogP contribution in [0.25, 0.3) is 11.1 Å². The van der Waals surface area contributed by atoms with E-state index in [1.807, 2.05) is 31.2 Å². The van der Waals surface area contributed by atoms with Crippen LogP contribution >= 0.6 is 0 Å². The molecule has 0 spiro atoms. The topological polar surface area (TPSA) is 157 Å². The molecule has 0 radical (unpaired) electrons. The van der Waals surface area contributed by atoms with Crippen molar-refractivity contribution >= 4 is 12.1 Å². The molecule has 15 nitrogen and oxygen atoms in total. The Morgan fingerprint density at radius 2 is 0.869 bits per heavy atom. The largest absolute Gasteiger partial charge is 0.463 e. The Labute approximate surface area is 363 Å². The van der Waals surface area contributed by atoms with Crippen molar-refractivity contribution in [3.05, 3.63) is 59.7 Å². The highest BCUT2D eigenvalue weighted by Gasteiger charge is 2.29. The molecule has 1 unspecified atom stereocenters. The minimum absolute atomic E-state index is 0.00996. The molecule has 3 rings (SSSR count). The first-order valence-corrected chi connectivity index (χ1v) is 22.2. The van der Waals surface area contributed by atoms with Crippen LogP contribution in [-0.2, 0) is 61.6 Å². The number of ether oxygens (including phenoxy) is 12. The number of nitrogens with one attached hydrogen (secondary N) is 1. The van der Waals surface area contributed by atoms with Gasteiger partial charge in [0.25, 0.3) is 0 Å². The van der Waals surface area contributed by atoms with Crippen molar-refractivity contribution in [1.29, 1.82) is 0 Å². The van der Waals surface area contributed by atoms with E-state index >= 15 is 0 Å². The van der Waals surface area contributed by atoms with Crippen molar-refractivity contribution in [1.82, 2.24) is 5.32 Å². The van der Waals surface area contributed by atoms with Gasteiger partial charge in [-0.05, 0) is 41.5 Å². The second-order valence-electron chi connectivity index (χ2n) is 14.1. The maximum absolute atomic E-state index is 12.3. The molecular formula is C46H73NO14. The van der Waals surface area contributed by atoms with Crippen LogP contribution in [0, 0.1) is 5.92 Å². The second-order valence-corrected chi connectivity index (χ2v) is 14.1. The number of carbonyl (C=O) groups is 2. The zero-order valence-corrected chi connectivity index (χ0v) is 36.8. The number of carbonyl (C=O) groups excluding carboxylic acids is 2. The Morgan fingerprint density at radius 3 is 1.26 bits per heavy atom. The molecule has 61 heavy (non-hydrogen) atoms. The van der Waals surface area contributed by atoms with E-state index in [0.29, 0.717) is 152 Å². The maximum atomic E-state index is 12.3. The molecule has 1 amide bonds. The third kappa shape index (κ3) is 24.3. The molecule has 1 atom stereocenters. The molecule has 0 saturated heterocycles. The van der Waals surface area contributed by atoms with Crippen LogP contribution in [-0.4, -0.2) is 164 Å². The lowest BCUT2D eigenvalue weighted by atomic mass is 9.98. The van der Waals surface area contributed by atoms with Crippen molar-refractivity contribution in [2.75, 3.05) is 152 Å². The van der Waals surface area contributed by atoms with E-state index in [4.69, 9.17) is 56.8 Å². The molecule has 2 aromatic carbocycles. The standard InChI is InChI=1S/C46H73NO14/c1-3-5-11-39(4-2)45(48)60-37-36-59-35-34-58-33-32-57-31-30-56-29-28-55-27-26-54-25-24-53-23-22-52-21-20-51-19-18-50-17-10-16-47-46(49)61-38-44-42-14-8-6-12-40(42)41-13-7-9-15-43(41)44/h6-9,12-15,39,44H,3-5,10-11,16-38H2,1-2H3,(H,47,49). The quantitative estimate of drug-likeness (QED) is 0.0628. The van der Waals surface area contributed by atoms with Gasteiger partial charge in [-0.25, -0.2) is 4.79 Å². The van der Waals surface area contributed by atoms with Gasteiger partial charge in [-0.15, -0.1) is 0 Å². The lowest BCUT2D eigenvalue weighted by molar-refractivity contribution is -0.150. The van der Waals surface area contributed by atoms with E-state index in [1.54, 1.807) is 0 Å². The first kappa shape index (κ1) is 52.1. The highest BCUT2D eigenvalue weighted by atomic mass is 16.6. The van der Waals surface area contributed by atoms with E-state index in [1.165, 1.54) is 22.3 Å². The SMILES string of the molecule is CCCCC(CC)C(=O)OCCOCCOCCOCCOCCOCCOCCOCCOCCOCCOCCCNC(=O)OCC1c2ccccc2-c2ccccc21. The molecule has 1 N–H and O–H groups in total. The summed E-state index contributed by atoms with van der Waals surface area (Å²) in [6.45, 7) is 14.7. The van der Waals surface area contributed by atoms with Gasteiger partial charge in [-0.1, -0.05) is 75.2 Å². The van der Waals surface area contributed by atoms with Crippen LogP contribution in [0.15, 0.2) is 48.5 Å². The highest BCUT2D eigenvalue weighted by Crippen LogP contribution is 2.44. The first-order valence-electron chi connectivity index (χ1n) is 22.2. The smallest absolute Gasteiger partial charge is 0.407 e. The number of alkyl carbamates (subject to hydrolysis) is 1. The van der Waals surface area contributed by atoms with Gasteiger partial charge in [0.1, 0.15) is 13.2 Å². The fourth-order valence-corrected chi connectivity index (χ4v) is 6.35. The number of rotatable bonds is 41. The molecule has 2 aromatic rings. The Bertz CT molecular complexity index is 1340. The molecule has 1 aliphatic carbocycles. The zero-order chi connectivity index (χ0) is 43.3. The Balaban J connectivity index is 0.933. The van der Waals surface area contributed by atoms with Gasteiger partial charge in [0, 0.05) is 19.1 Å². The molecule has 15 heteroatoms. The van der Waals surface area contributed by atoms with Crippen LogP contribution in [0.4, 0.5) is 4.79 Å². The van der Waals surface area contributed by atoms with Crippen LogP contribution in [0.2, 0.25) is 0 Å². The lowest BCUT2D eigenvalue weighted by Gasteiger charge is -2.14. The Morgan fingerprint density at radius 1 is 0.492 bits per heavy atom. The summed E-state index contributed by atoms with van der Waals surface area (Å²) in [6.07, 6.45) is 4.08. The molecule has 0 saturated carbocycles. The van der Waals surface area contributed by atoms with E-state index in [2.05, 4.69) is 36.5 Å². The van der Waals surface area contributed by atoms with Crippen molar-refractivity contribution in [2.24, 2.45) is 5.92 Å². The number of amides is 1. The normalized spacial score (nSPS) is 12.6. The van der Waals surface area contributed by atoms with E-state index in [9.17, 15) is 9.59 Å². The van der Waals surface area contributed by atoms with Gasteiger partial charge in [0.15, 0.2) is 0 Å². The minimum Gasteiger partial charge on any atom is -0.463 e. The summed E-state index contributed by atoms with van der Waals surface area (Å²) in [4.78, 5) is 24.3. The summed E-state index contributed by atoms with van der Waals surface area (Å²) in [5, 5.41) is 2.81. The molecular weight excluding hydrogens is 790 g/mol. The van der Waals surface area contributed by atoms with Crippen LogP contribution < -0.4 is 5.32 Å². The summed E-state index contributed by atoms with van der Waals surface area (Å²) in [7, 11) is 0. The summed E-state index contributed by atoms with van der Waals surface area (Å²) in [5.41, 5.74) is 4.80. The maximum Gasteiger partial charge on any atom is 0.407 e. The summed E-state index contributed by atoms with van der Waals surface area (Å²) in [6, 6.07) is 16.6. The molecule has 0 aromatic heterocycles. The van der Waals surface area contributed by atoms with Crippen LogP contribution in [0.3, 0.4) is 0 Å². The minimum atomic E-state index is -0.418. The fourth-order valence-electron chi connectivity index (χ4n) is 6.35. The zero-order valence-electron chi connectivity index (χ0n) is 36.8. The van der Waals surface area contributed by atoms with Crippen molar-refractivity contribution in [3.8, 4) is 11.1 Å². The first-order chi connectivity index (χ1) is 30.2. The van der Waals surface area contributed by atoms with Gasteiger partial charge in [0.2, 0.25) is 0 Å². The predicted molar refractivity (Wildman–Crippen MR) is 230 cm³/mol. The van der Waals surface area contributed by atoms with E-state index in [-0.39, 0.29) is 24.4 Å². The average molecular weight is 864 g/mol. The number of benzene rings is 2. The molecule has 0 aliphatic heterocycles. The van der Waals surface area contributed by atoms with E-state index < -0.39 is 6.09 Å². The summed E-state index contributed by atoms with van der Waals surface area (Å²) < 4.78 is 66.0. The number of hydrogen-bond donors (Lipinski definition) is 1. The van der Waals surface area contributed by atoms with Gasteiger partial charge >= 0.3 is 12.1 Å². The number of hydrogen-bond acceptors (Lipinski definition) is 14. The third-order valence-corrected chi connectivity index (χ3v) is 9.63. The lowest BCUT2D eigenvalue weighted by Crippen LogP contribution is -2.27. The highest BCUT2D eigenvalue weighted by molar-refractivity contribution is 5.79. The Hall–Kier alpha value is -3.22. The van der Waals surface area contributed by atoms with E-state index in [0.717, 1.165) is 25.7 Å². The fraction of sp³-hybridized carbons (Fsp3) is 0.696. The van der Waals surface area contributed by atoms with Gasteiger partial charge in [0.05, 0.1) is 131 Å². The number of esters is 1. The van der Waals surface area contributed by atoms with Crippen molar-refractivity contribution < 1.29 is 66.4 Å². The van der Waals surface area contributed by atoms with Gasteiger partial charge < -0.3 is 62.2 Å². The van der Waals surface area contributed by atoms with Crippen LogP contribution in [0.1, 0.15) is 63.0 Å². The van der Waals surface area contributed by atoms with Gasteiger partial charge in [-0.3, -0.25) is 4.79 Å². The summed E-state index contributed by atoms with van der Waals surface area (Å²) in [5.74, 6) is -0.0882. The van der Waals surface area contributed by atoms with Crippen LogP contribution in [0.5, 0.6) is 0 Å². The molecule has 0 bridgehead atoms. The molecule has 1 aliphatic rings. The van der Waals surface area contributed by atoms with Crippen molar-refractivity contribution in [2.45, 2.75) is 51.9 Å². The molecule has 0 heterocycles. The monoisotopic (exact) mass is 864 g/mol. The number of unbranched alkanes of at least 4 members (excludes halogenated alkanes) is 1. The molecule has 0 fully saturated rings. The predicted octanol–water partition coefficient (Wildman–Crippen LogP) is 5.84. The third-order valence-electron chi connectivity index (χ3n) is 9.63. The van der Waals surface area contributed by atoms with Gasteiger partial charge in [-0.2, -0.15) is 0 Å².